The van der Waals surface area contributed by atoms with Crippen molar-refractivity contribution in [2.24, 2.45) is 0 Å². The summed E-state index contributed by atoms with van der Waals surface area (Å²) in [6.07, 6.45) is -3.09. The van der Waals surface area contributed by atoms with Gasteiger partial charge in [0, 0.05) is 29.8 Å². The molecule has 1 aliphatic rings. The quantitative estimate of drug-likeness (QED) is 0.831. The molecule has 1 aliphatic heterocycles. The van der Waals surface area contributed by atoms with E-state index in [4.69, 9.17) is 5.41 Å². The van der Waals surface area contributed by atoms with Crippen LogP contribution in [-0.2, 0) is 6.18 Å². The number of benzene rings is 1. The predicted molar refractivity (Wildman–Crippen MR) is 67.2 cm³/mol. The Morgan fingerprint density at radius 3 is 2.78 bits per heavy atom. The smallest absolute Gasteiger partial charge is 0.312 e. The molecular weight excluding hydrogens is 261 g/mol. The second-order valence-corrected chi connectivity index (χ2v) is 5.35. The Labute approximate surface area is 107 Å². The molecule has 0 amide bonds. The van der Waals surface area contributed by atoms with Gasteiger partial charge in [0.25, 0.3) is 0 Å². The molecule has 0 aliphatic carbocycles. The van der Waals surface area contributed by atoms with Crippen LogP contribution in [0.3, 0.4) is 0 Å². The number of thioether (sulfide) groups is 1. The standard InChI is InChI=1S/C12H13F3N2S/c13-12(14,15)9-3-1-2-8(4-9)10(5-16)11-6-17-7-18-11/h1-5,10-11,16-17H,6-7H2. The molecule has 1 fully saturated rings. The normalized spacial score (nSPS) is 21.8. The van der Waals surface area contributed by atoms with E-state index in [0.29, 0.717) is 5.56 Å². The summed E-state index contributed by atoms with van der Waals surface area (Å²) in [5.74, 6) is 0.515. The third kappa shape index (κ3) is 2.87. The molecule has 6 heteroatoms. The summed E-state index contributed by atoms with van der Waals surface area (Å²) in [5.41, 5.74) is -0.0937. The van der Waals surface area contributed by atoms with Crippen molar-refractivity contribution in [2.75, 3.05) is 12.4 Å². The SMILES string of the molecule is N=CC(c1cccc(C(F)(F)F)c1)C1CNCS1. The molecule has 2 atom stereocenters. The summed E-state index contributed by atoms with van der Waals surface area (Å²) in [7, 11) is 0. The van der Waals surface area contributed by atoms with Crippen LogP contribution in [0.1, 0.15) is 17.0 Å². The maximum absolute atomic E-state index is 12.6. The largest absolute Gasteiger partial charge is 0.416 e. The van der Waals surface area contributed by atoms with Crippen molar-refractivity contribution in [3.05, 3.63) is 35.4 Å². The summed E-state index contributed by atoms with van der Waals surface area (Å²) >= 11 is 1.64. The van der Waals surface area contributed by atoms with Crippen molar-refractivity contribution in [3.63, 3.8) is 0 Å². The molecule has 1 aromatic carbocycles. The fourth-order valence-electron chi connectivity index (χ4n) is 2.00. The zero-order chi connectivity index (χ0) is 13.2. The zero-order valence-electron chi connectivity index (χ0n) is 9.50. The molecule has 18 heavy (non-hydrogen) atoms. The van der Waals surface area contributed by atoms with Crippen LogP contribution in [0.4, 0.5) is 13.2 Å². The van der Waals surface area contributed by atoms with Crippen LogP contribution in [-0.4, -0.2) is 23.9 Å². The Morgan fingerprint density at radius 2 is 2.22 bits per heavy atom. The summed E-state index contributed by atoms with van der Waals surface area (Å²) < 4.78 is 37.9. The Morgan fingerprint density at radius 1 is 1.44 bits per heavy atom. The van der Waals surface area contributed by atoms with E-state index in [0.717, 1.165) is 24.6 Å². The lowest BCUT2D eigenvalue weighted by molar-refractivity contribution is -0.137. The van der Waals surface area contributed by atoms with E-state index in [-0.39, 0.29) is 11.2 Å². The van der Waals surface area contributed by atoms with Gasteiger partial charge in [0.2, 0.25) is 0 Å². The van der Waals surface area contributed by atoms with Gasteiger partial charge >= 0.3 is 6.18 Å². The minimum absolute atomic E-state index is 0.131. The van der Waals surface area contributed by atoms with E-state index in [1.165, 1.54) is 12.3 Å². The number of hydrogen-bond acceptors (Lipinski definition) is 3. The zero-order valence-corrected chi connectivity index (χ0v) is 10.3. The summed E-state index contributed by atoms with van der Waals surface area (Å²) in [6, 6.07) is 5.27. The summed E-state index contributed by atoms with van der Waals surface area (Å²) in [6.45, 7) is 0.723. The van der Waals surface area contributed by atoms with E-state index >= 15 is 0 Å². The van der Waals surface area contributed by atoms with Crippen LogP contribution in [0, 0.1) is 5.41 Å². The van der Waals surface area contributed by atoms with Gasteiger partial charge in [-0.05, 0) is 11.6 Å². The third-order valence-corrected chi connectivity index (χ3v) is 4.18. The lowest BCUT2D eigenvalue weighted by atomic mass is 9.94. The van der Waals surface area contributed by atoms with E-state index < -0.39 is 11.7 Å². The molecule has 2 unspecified atom stereocenters. The van der Waals surface area contributed by atoms with E-state index in [2.05, 4.69) is 5.32 Å². The van der Waals surface area contributed by atoms with Crippen LogP contribution in [0.15, 0.2) is 24.3 Å². The maximum Gasteiger partial charge on any atom is 0.416 e. The Balaban J connectivity index is 2.28. The fourth-order valence-corrected chi connectivity index (χ4v) is 3.13. The third-order valence-electron chi connectivity index (χ3n) is 2.92. The molecule has 0 spiro atoms. The van der Waals surface area contributed by atoms with Gasteiger partial charge in [0.05, 0.1) is 5.56 Å². The van der Waals surface area contributed by atoms with Gasteiger partial charge < -0.3 is 10.7 Å². The van der Waals surface area contributed by atoms with Crippen molar-refractivity contribution in [3.8, 4) is 0 Å². The van der Waals surface area contributed by atoms with Crippen LogP contribution in [0.2, 0.25) is 0 Å². The van der Waals surface area contributed by atoms with Gasteiger partial charge in [-0.15, -0.1) is 11.8 Å². The van der Waals surface area contributed by atoms with Gasteiger partial charge in [-0.1, -0.05) is 18.2 Å². The molecule has 0 radical (unpaired) electrons. The maximum atomic E-state index is 12.6. The van der Waals surface area contributed by atoms with Crippen molar-refractivity contribution in [1.82, 2.24) is 5.32 Å². The Bertz CT molecular complexity index is 428. The summed E-state index contributed by atoms with van der Waals surface area (Å²) in [5, 5.41) is 10.7. The second kappa shape index (κ2) is 5.32. The van der Waals surface area contributed by atoms with Crippen LogP contribution in [0.25, 0.3) is 0 Å². The highest BCUT2D eigenvalue weighted by atomic mass is 32.2. The highest BCUT2D eigenvalue weighted by molar-refractivity contribution is 8.00. The number of halogens is 3. The monoisotopic (exact) mass is 274 g/mol. The van der Waals surface area contributed by atoms with Crippen molar-refractivity contribution in [2.45, 2.75) is 17.3 Å². The number of rotatable bonds is 3. The number of alkyl halides is 3. The minimum atomic E-state index is -4.33. The molecule has 98 valence electrons. The van der Waals surface area contributed by atoms with Gasteiger partial charge in [0.1, 0.15) is 0 Å². The van der Waals surface area contributed by atoms with E-state index in [1.54, 1.807) is 17.8 Å². The van der Waals surface area contributed by atoms with Gasteiger partial charge in [0.15, 0.2) is 0 Å². The van der Waals surface area contributed by atoms with Crippen LogP contribution >= 0.6 is 11.8 Å². The first kappa shape index (κ1) is 13.4. The molecule has 1 heterocycles. The number of nitrogens with one attached hydrogen (secondary N) is 2. The van der Waals surface area contributed by atoms with E-state index in [1.807, 2.05) is 0 Å². The minimum Gasteiger partial charge on any atom is -0.312 e. The topological polar surface area (TPSA) is 35.9 Å². The Hall–Kier alpha value is -1.01. The second-order valence-electron chi connectivity index (χ2n) is 4.12. The first-order valence-electron chi connectivity index (χ1n) is 5.52. The average molecular weight is 274 g/mol. The lowest BCUT2D eigenvalue weighted by Crippen LogP contribution is -2.21. The number of hydrogen-bond donors (Lipinski definition) is 2. The molecule has 0 saturated carbocycles. The fraction of sp³-hybridized carbons (Fsp3) is 0.417. The highest BCUT2D eigenvalue weighted by Gasteiger charge is 2.32. The van der Waals surface area contributed by atoms with E-state index in [9.17, 15) is 13.2 Å². The Kier molecular flexibility index (Phi) is 3.97. The van der Waals surface area contributed by atoms with Gasteiger partial charge in [-0.2, -0.15) is 13.2 Å². The van der Waals surface area contributed by atoms with Gasteiger partial charge in [-0.25, -0.2) is 0 Å². The molecule has 1 aromatic rings. The molecule has 2 N–H and O–H groups in total. The predicted octanol–water partition coefficient (Wildman–Crippen LogP) is 3.10. The lowest BCUT2D eigenvalue weighted by Gasteiger charge is -2.19. The van der Waals surface area contributed by atoms with Crippen LogP contribution < -0.4 is 5.32 Å². The molecule has 0 bridgehead atoms. The van der Waals surface area contributed by atoms with Crippen LogP contribution in [0.5, 0.6) is 0 Å². The van der Waals surface area contributed by atoms with Crippen molar-refractivity contribution < 1.29 is 13.2 Å². The molecular formula is C12H13F3N2S. The van der Waals surface area contributed by atoms with Crippen molar-refractivity contribution in [1.29, 1.82) is 5.41 Å². The molecule has 2 nitrogen and oxygen atoms in total. The molecule has 0 aromatic heterocycles. The molecule has 1 saturated heterocycles. The highest BCUT2D eigenvalue weighted by Crippen LogP contribution is 2.34. The van der Waals surface area contributed by atoms with Gasteiger partial charge in [-0.3, -0.25) is 0 Å². The first-order chi connectivity index (χ1) is 8.52. The average Bonchev–Trinajstić information content (AvgIpc) is 2.83. The summed E-state index contributed by atoms with van der Waals surface area (Å²) in [4.78, 5) is 0. The first-order valence-corrected chi connectivity index (χ1v) is 6.57. The van der Waals surface area contributed by atoms with Crippen molar-refractivity contribution >= 4 is 18.0 Å². The molecule has 2 rings (SSSR count).